The van der Waals surface area contributed by atoms with E-state index in [0.29, 0.717) is 12.2 Å². The van der Waals surface area contributed by atoms with E-state index in [1.165, 1.54) is 38.5 Å². The van der Waals surface area contributed by atoms with Gasteiger partial charge in [0.25, 0.3) is 0 Å². The molecule has 0 atom stereocenters. The van der Waals surface area contributed by atoms with Gasteiger partial charge in [-0.2, -0.15) is 0 Å². The van der Waals surface area contributed by atoms with Crippen LogP contribution < -0.4 is 0 Å². The first-order chi connectivity index (χ1) is 10.4. The van der Waals surface area contributed by atoms with Crippen molar-refractivity contribution in [2.24, 2.45) is 0 Å². The molecule has 1 saturated carbocycles. The summed E-state index contributed by atoms with van der Waals surface area (Å²) in [7, 11) is 0. The Hall–Kier alpha value is -1.30. The number of benzene rings is 1. The zero-order valence-electron chi connectivity index (χ0n) is 12.8. The maximum atomic E-state index is 6.21. The number of nitrogens with zero attached hydrogens (tertiary/aromatic N) is 1. The number of piperidine rings is 1. The Morgan fingerprint density at radius 2 is 1.62 bits per heavy atom. The molecule has 1 aliphatic heterocycles. The molecule has 0 unspecified atom stereocenters. The van der Waals surface area contributed by atoms with E-state index >= 15 is 0 Å². The van der Waals surface area contributed by atoms with Gasteiger partial charge in [0.2, 0.25) is 0 Å². The zero-order chi connectivity index (χ0) is 14.3. The maximum absolute atomic E-state index is 6.21. The standard InChI is InChI=1S/C19H25NO/c1-2-7-17(8-3-1)9-6-14-20-15-12-19(13-16-20)21-18-10-4-5-11-18/h1-3,7-8,18-19H,4-5,10-16H2. The first kappa shape index (κ1) is 14.6. The molecule has 0 amide bonds. The van der Waals surface area contributed by atoms with Crippen LogP contribution in [0.4, 0.5) is 0 Å². The van der Waals surface area contributed by atoms with E-state index in [1.807, 2.05) is 18.2 Å². The van der Waals surface area contributed by atoms with Crippen molar-refractivity contribution in [2.45, 2.75) is 50.7 Å². The number of ether oxygens (including phenoxy) is 1. The lowest BCUT2D eigenvalue weighted by atomic mass is 10.1. The lowest BCUT2D eigenvalue weighted by molar-refractivity contribution is -0.0373. The minimum absolute atomic E-state index is 0.492. The minimum atomic E-state index is 0.492. The summed E-state index contributed by atoms with van der Waals surface area (Å²) in [6.07, 6.45) is 8.67. The summed E-state index contributed by atoms with van der Waals surface area (Å²) in [6, 6.07) is 10.2. The lowest BCUT2D eigenvalue weighted by Crippen LogP contribution is -2.38. The summed E-state index contributed by atoms with van der Waals surface area (Å²) in [5.41, 5.74) is 1.11. The van der Waals surface area contributed by atoms with E-state index in [9.17, 15) is 0 Å². The molecule has 0 spiro atoms. The van der Waals surface area contributed by atoms with Crippen molar-refractivity contribution in [2.75, 3.05) is 19.6 Å². The number of hydrogen-bond acceptors (Lipinski definition) is 2. The Kier molecular flexibility index (Phi) is 5.32. The molecular weight excluding hydrogens is 258 g/mol. The third-order valence-corrected chi connectivity index (χ3v) is 4.53. The normalized spacial score (nSPS) is 21.1. The summed E-state index contributed by atoms with van der Waals surface area (Å²) in [5.74, 6) is 6.53. The molecule has 1 aliphatic carbocycles. The van der Waals surface area contributed by atoms with E-state index in [4.69, 9.17) is 4.74 Å². The molecule has 1 aromatic rings. The summed E-state index contributed by atoms with van der Waals surface area (Å²) in [5, 5.41) is 0. The molecule has 2 nitrogen and oxygen atoms in total. The van der Waals surface area contributed by atoms with Crippen molar-refractivity contribution in [3.8, 4) is 11.8 Å². The topological polar surface area (TPSA) is 12.5 Å². The first-order valence-corrected chi connectivity index (χ1v) is 8.32. The molecule has 0 N–H and O–H groups in total. The van der Waals surface area contributed by atoms with Crippen LogP contribution in [0.15, 0.2) is 30.3 Å². The molecule has 0 aromatic heterocycles. The molecule has 21 heavy (non-hydrogen) atoms. The predicted molar refractivity (Wildman–Crippen MR) is 86.1 cm³/mol. The maximum Gasteiger partial charge on any atom is 0.0605 e. The van der Waals surface area contributed by atoms with Gasteiger partial charge in [-0.1, -0.05) is 42.9 Å². The van der Waals surface area contributed by atoms with E-state index in [2.05, 4.69) is 28.9 Å². The van der Waals surface area contributed by atoms with Gasteiger partial charge < -0.3 is 4.74 Å². The SMILES string of the molecule is C(#Cc1ccccc1)CN1CCC(OC2CCCC2)CC1. The van der Waals surface area contributed by atoms with E-state index < -0.39 is 0 Å². The van der Waals surface area contributed by atoms with E-state index in [-0.39, 0.29) is 0 Å². The molecule has 0 bridgehead atoms. The summed E-state index contributed by atoms with van der Waals surface area (Å²) >= 11 is 0. The zero-order valence-corrected chi connectivity index (χ0v) is 12.8. The van der Waals surface area contributed by atoms with E-state index in [1.54, 1.807) is 0 Å². The highest BCUT2D eigenvalue weighted by Gasteiger charge is 2.24. The van der Waals surface area contributed by atoms with Crippen molar-refractivity contribution in [3.05, 3.63) is 35.9 Å². The second-order valence-corrected chi connectivity index (χ2v) is 6.19. The largest absolute Gasteiger partial charge is 0.375 e. The molecular formula is C19H25NO. The van der Waals surface area contributed by atoms with Gasteiger partial charge in [-0.15, -0.1) is 0 Å². The van der Waals surface area contributed by atoms with Gasteiger partial charge in [-0.05, 0) is 37.8 Å². The highest BCUT2D eigenvalue weighted by molar-refractivity contribution is 5.33. The van der Waals surface area contributed by atoms with Crippen LogP contribution in [0.5, 0.6) is 0 Å². The van der Waals surface area contributed by atoms with Crippen molar-refractivity contribution in [3.63, 3.8) is 0 Å². The second-order valence-electron chi connectivity index (χ2n) is 6.19. The molecule has 1 aromatic carbocycles. The summed E-state index contributed by atoms with van der Waals surface area (Å²) < 4.78 is 6.21. The van der Waals surface area contributed by atoms with Gasteiger partial charge in [0.15, 0.2) is 0 Å². The first-order valence-electron chi connectivity index (χ1n) is 8.32. The average molecular weight is 283 g/mol. The van der Waals surface area contributed by atoms with Crippen molar-refractivity contribution in [1.29, 1.82) is 0 Å². The van der Waals surface area contributed by atoms with Crippen molar-refractivity contribution in [1.82, 2.24) is 4.90 Å². The Labute approximate surface area is 128 Å². The van der Waals surface area contributed by atoms with Gasteiger partial charge >= 0.3 is 0 Å². The van der Waals surface area contributed by atoms with Crippen LogP contribution >= 0.6 is 0 Å². The Morgan fingerprint density at radius 1 is 0.952 bits per heavy atom. The lowest BCUT2D eigenvalue weighted by Gasteiger charge is -2.32. The van der Waals surface area contributed by atoms with Gasteiger partial charge in [0, 0.05) is 18.7 Å². The van der Waals surface area contributed by atoms with Crippen LogP contribution in [0.3, 0.4) is 0 Å². The molecule has 2 aliphatic rings. The fraction of sp³-hybridized carbons (Fsp3) is 0.579. The van der Waals surface area contributed by atoms with Crippen LogP contribution in [-0.4, -0.2) is 36.7 Å². The van der Waals surface area contributed by atoms with Gasteiger partial charge in [0.05, 0.1) is 18.8 Å². The smallest absolute Gasteiger partial charge is 0.0605 e. The Morgan fingerprint density at radius 3 is 2.33 bits per heavy atom. The van der Waals surface area contributed by atoms with Gasteiger partial charge in [-0.25, -0.2) is 0 Å². The summed E-state index contributed by atoms with van der Waals surface area (Å²) in [4.78, 5) is 2.45. The van der Waals surface area contributed by atoms with E-state index in [0.717, 1.165) is 25.2 Å². The quantitative estimate of drug-likeness (QED) is 0.788. The Balaban J connectivity index is 1.38. The molecule has 1 saturated heterocycles. The monoisotopic (exact) mass is 283 g/mol. The van der Waals surface area contributed by atoms with Crippen LogP contribution in [0.1, 0.15) is 44.1 Å². The molecule has 2 heteroatoms. The fourth-order valence-corrected chi connectivity index (χ4v) is 3.27. The van der Waals surface area contributed by atoms with Gasteiger partial charge in [0.1, 0.15) is 0 Å². The molecule has 1 heterocycles. The van der Waals surface area contributed by atoms with Crippen molar-refractivity contribution >= 4 is 0 Å². The number of likely N-dealkylation sites (tertiary alicyclic amines) is 1. The third-order valence-electron chi connectivity index (χ3n) is 4.53. The van der Waals surface area contributed by atoms with Crippen molar-refractivity contribution < 1.29 is 4.74 Å². The minimum Gasteiger partial charge on any atom is -0.375 e. The van der Waals surface area contributed by atoms with Crippen LogP contribution in [0.25, 0.3) is 0 Å². The number of rotatable bonds is 3. The predicted octanol–water partition coefficient (Wildman–Crippen LogP) is 3.46. The third kappa shape index (κ3) is 4.59. The highest BCUT2D eigenvalue weighted by atomic mass is 16.5. The molecule has 3 rings (SSSR count). The second kappa shape index (κ2) is 7.64. The van der Waals surface area contributed by atoms with Crippen LogP contribution in [-0.2, 0) is 4.74 Å². The van der Waals surface area contributed by atoms with Crippen LogP contribution in [0.2, 0.25) is 0 Å². The highest BCUT2D eigenvalue weighted by Crippen LogP contribution is 2.25. The summed E-state index contributed by atoms with van der Waals surface area (Å²) in [6.45, 7) is 3.13. The Bertz CT molecular complexity index is 473. The molecule has 2 fully saturated rings. The molecule has 0 radical (unpaired) electrons. The molecule has 112 valence electrons. The average Bonchev–Trinajstić information content (AvgIpc) is 3.03. The van der Waals surface area contributed by atoms with Crippen LogP contribution in [0, 0.1) is 11.8 Å². The van der Waals surface area contributed by atoms with Gasteiger partial charge in [-0.3, -0.25) is 4.90 Å². The fourth-order valence-electron chi connectivity index (χ4n) is 3.27. The number of hydrogen-bond donors (Lipinski definition) is 0.